The van der Waals surface area contributed by atoms with Gasteiger partial charge in [0, 0.05) is 29.7 Å². The SMILES string of the molecule is CCc1cncc2cc(C3(CN)CCC3)ccc12. The van der Waals surface area contributed by atoms with E-state index < -0.39 is 0 Å². The monoisotopic (exact) mass is 240 g/mol. The summed E-state index contributed by atoms with van der Waals surface area (Å²) >= 11 is 0. The molecule has 0 atom stereocenters. The molecule has 2 aromatic rings. The lowest BCUT2D eigenvalue weighted by Gasteiger charge is -2.41. The molecule has 0 unspecified atom stereocenters. The minimum atomic E-state index is 0.246. The van der Waals surface area contributed by atoms with Crippen molar-refractivity contribution in [3.8, 4) is 0 Å². The fourth-order valence-corrected chi connectivity index (χ4v) is 3.06. The van der Waals surface area contributed by atoms with Crippen molar-refractivity contribution < 1.29 is 0 Å². The van der Waals surface area contributed by atoms with E-state index in [0.717, 1.165) is 13.0 Å². The summed E-state index contributed by atoms with van der Waals surface area (Å²) < 4.78 is 0. The van der Waals surface area contributed by atoms with Gasteiger partial charge in [0.15, 0.2) is 0 Å². The third-order valence-corrected chi connectivity index (χ3v) is 4.54. The van der Waals surface area contributed by atoms with Crippen LogP contribution in [0.4, 0.5) is 0 Å². The van der Waals surface area contributed by atoms with Crippen LogP contribution in [0.1, 0.15) is 37.3 Å². The summed E-state index contributed by atoms with van der Waals surface area (Å²) in [6, 6.07) is 6.82. The maximum atomic E-state index is 5.99. The van der Waals surface area contributed by atoms with Gasteiger partial charge in [-0.15, -0.1) is 0 Å². The molecule has 0 spiro atoms. The molecule has 0 radical (unpaired) electrons. The van der Waals surface area contributed by atoms with E-state index >= 15 is 0 Å². The van der Waals surface area contributed by atoms with E-state index in [1.807, 2.05) is 12.4 Å². The van der Waals surface area contributed by atoms with Gasteiger partial charge in [-0.05, 0) is 41.8 Å². The summed E-state index contributed by atoms with van der Waals surface area (Å²) in [5.74, 6) is 0. The summed E-state index contributed by atoms with van der Waals surface area (Å²) in [6.07, 6.45) is 8.75. The smallest absolute Gasteiger partial charge is 0.0346 e. The first-order valence-corrected chi connectivity index (χ1v) is 6.86. The number of nitrogens with zero attached hydrogens (tertiary/aromatic N) is 1. The van der Waals surface area contributed by atoms with Crippen molar-refractivity contribution in [2.24, 2.45) is 5.73 Å². The van der Waals surface area contributed by atoms with Crippen LogP contribution in [0.5, 0.6) is 0 Å². The van der Waals surface area contributed by atoms with Crippen LogP contribution < -0.4 is 5.73 Å². The standard InChI is InChI=1S/C16H20N2/c1-2-12-9-18-10-13-8-14(4-5-15(12)13)16(11-17)6-3-7-16/h4-5,8-10H,2-3,6-7,11,17H2,1H3. The molecule has 94 valence electrons. The van der Waals surface area contributed by atoms with Crippen LogP contribution in [0.2, 0.25) is 0 Å². The molecule has 1 aliphatic rings. The second-order valence-electron chi connectivity index (χ2n) is 5.43. The molecule has 1 heterocycles. The van der Waals surface area contributed by atoms with Crippen LogP contribution in [0, 0.1) is 0 Å². The zero-order valence-corrected chi connectivity index (χ0v) is 10.9. The van der Waals surface area contributed by atoms with Crippen LogP contribution in [0.3, 0.4) is 0 Å². The predicted molar refractivity (Wildman–Crippen MR) is 75.7 cm³/mol. The zero-order valence-electron chi connectivity index (χ0n) is 10.9. The Kier molecular flexibility index (Phi) is 2.83. The minimum absolute atomic E-state index is 0.246. The lowest BCUT2D eigenvalue weighted by Crippen LogP contribution is -2.41. The first kappa shape index (κ1) is 11.7. The molecule has 1 aromatic carbocycles. The van der Waals surface area contributed by atoms with Crippen molar-refractivity contribution in [1.82, 2.24) is 4.98 Å². The van der Waals surface area contributed by atoms with E-state index in [-0.39, 0.29) is 5.41 Å². The summed E-state index contributed by atoms with van der Waals surface area (Å²) in [5, 5.41) is 2.59. The summed E-state index contributed by atoms with van der Waals surface area (Å²) in [5.41, 5.74) is 8.96. The molecule has 2 heteroatoms. The van der Waals surface area contributed by atoms with Crippen LogP contribution >= 0.6 is 0 Å². The van der Waals surface area contributed by atoms with Crippen molar-refractivity contribution in [3.63, 3.8) is 0 Å². The van der Waals surface area contributed by atoms with Crippen LogP contribution in [-0.2, 0) is 11.8 Å². The molecule has 1 aliphatic carbocycles. The number of fused-ring (bicyclic) bond motifs is 1. The summed E-state index contributed by atoms with van der Waals surface area (Å²) in [7, 11) is 0. The first-order chi connectivity index (χ1) is 8.79. The van der Waals surface area contributed by atoms with Crippen molar-refractivity contribution in [2.75, 3.05) is 6.54 Å². The Hall–Kier alpha value is -1.41. The highest BCUT2D eigenvalue weighted by Crippen LogP contribution is 2.43. The zero-order chi connectivity index (χ0) is 12.6. The number of pyridine rings is 1. The van der Waals surface area contributed by atoms with Gasteiger partial charge < -0.3 is 5.73 Å². The van der Waals surface area contributed by atoms with Gasteiger partial charge >= 0.3 is 0 Å². The molecule has 0 aliphatic heterocycles. The lowest BCUT2D eigenvalue weighted by molar-refractivity contribution is 0.253. The van der Waals surface area contributed by atoms with E-state index in [4.69, 9.17) is 5.73 Å². The van der Waals surface area contributed by atoms with E-state index in [1.54, 1.807) is 0 Å². The van der Waals surface area contributed by atoms with Crippen LogP contribution in [-0.4, -0.2) is 11.5 Å². The molecule has 1 saturated carbocycles. The van der Waals surface area contributed by atoms with Gasteiger partial charge in [-0.3, -0.25) is 4.98 Å². The Labute approximate surface area is 108 Å². The van der Waals surface area contributed by atoms with Gasteiger partial charge in [0.05, 0.1) is 0 Å². The number of rotatable bonds is 3. The van der Waals surface area contributed by atoms with Crippen molar-refractivity contribution >= 4 is 10.8 Å². The fourth-order valence-electron chi connectivity index (χ4n) is 3.06. The van der Waals surface area contributed by atoms with Crippen LogP contribution in [0.25, 0.3) is 10.8 Å². The summed E-state index contributed by atoms with van der Waals surface area (Å²) in [6.45, 7) is 2.94. The van der Waals surface area contributed by atoms with Gasteiger partial charge in [0.1, 0.15) is 0 Å². The highest BCUT2D eigenvalue weighted by molar-refractivity contribution is 5.85. The van der Waals surface area contributed by atoms with Gasteiger partial charge in [-0.2, -0.15) is 0 Å². The number of aromatic nitrogens is 1. The molecule has 2 nitrogen and oxygen atoms in total. The average Bonchev–Trinajstić information content (AvgIpc) is 2.37. The number of hydrogen-bond acceptors (Lipinski definition) is 2. The van der Waals surface area contributed by atoms with Crippen LogP contribution in [0.15, 0.2) is 30.6 Å². The number of benzene rings is 1. The molecule has 0 saturated heterocycles. The third-order valence-electron chi connectivity index (χ3n) is 4.54. The second-order valence-corrected chi connectivity index (χ2v) is 5.43. The Morgan fingerprint density at radius 3 is 2.72 bits per heavy atom. The van der Waals surface area contributed by atoms with E-state index in [0.29, 0.717) is 0 Å². The maximum absolute atomic E-state index is 5.99. The van der Waals surface area contributed by atoms with Crippen molar-refractivity contribution in [3.05, 3.63) is 41.7 Å². The lowest BCUT2D eigenvalue weighted by atomic mass is 9.64. The van der Waals surface area contributed by atoms with Gasteiger partial charge in [-0.1, -0.05) is 25.5 Å². The summed E-state index contributed by atoms with van der Waals surface area (Å²) in [4.78, 5) is 4.35. The van der Waals surface area contributed by atoms with Gasteiger partial charge in [0.2, 0.25) is 0 Å². The number of hydrogen-bond donors (Lipinski definition) is 1. The maximum Gasteiger partial charge on any atom is 0.0346 e. The van der Waals surface area contributed by atoms with Gasteiger partial charge in [0.25, 0.3) is 0 Å². The Morgan fingerprint density at radius 1 is 1.28 bits per heavy atom. The Bertz CT molecular complexity index is 565. The van der Waals surface area contributed by atoms with Gasteiger partial charge in [-0.25, -0.2) is 0 Å². The molecule has 0 amide bonds. The molecule has 3 rings (SSSR count). The molecule has 18 heavy (non-hydrogen) atoms. The Balaban J connectivity index is 2.12. The van der Waals surface area contributed by atoms with E-state index in [1.165, 1.54) is 41.2 Å². The minimum Gasteiger partial charge on any atom is -0.330 e. The highest BCUT2D eigenvalue weighted by Gasteiger charge is 2.37. The molecular formula is C16H20N2. The highest BCUT2D eigenvalue weighted by atomic mass is 14.6. The average molecular weight is 240 g/mol. The van der Waals surface area contributed by atoms with Crippen molar-refractivity contribution in [2.45, 2.75) is 38.0 Å². The third kappa shape index (κ3) is 1.64. The molecule has 1 fully saturated rings. The van der Waals surface area contributed by atoms with E-state index in [2.05, 4.69) is 30.1 Å². The molecular weight excluding hydrogens is 220 g/mol. The topological polar surface area (TPSA) is 38.9 Å². The van der Waals surface area contributed by atoms with Crippen molar-refractivity contribution in [1.29, 1.82) is 0 Å². The number of nitrogens with two attached hydrogens (primary N) is 1. The molecule has 0 bridgehead atoms. The quantitative estimate of drug-likeness (QED) is 0.895. The predicted octanol–water partition coefficient (Wildman–Crippen LogP) is 3.18. The first-order valence-electron chi connectivity index (χ1n) is 6.86. The fraction of sp³-hybridized carbons (Fsp3) is 0.438. The largest absolute Gasteiger partial charge is 0.330 e. The van der Waals surface area contributed by atoms with E-state index in [9.17, 15) is 0 Å². The number of aryl methyl sites for hydroxylation is 1. The second kappa shape index (κ2) is 4.36. The normalized spacial score (nSPS) is 17.7. The molecule has 2 N–H and O–H groups in total. The molecule has 1 aromatic heterocycles. The Morgan fingerprint density at radius 2 is 2.11 bits per heavy atom.